The zero-order valence-corrected chi connectivity index (χ0v) is 3.76. The quantitative estimate of drug-likeness (QED) is 0.200. The van der Waals surface area contributed by atoms with Crippen LogP contribution in [0.4, 0.5) is 0 Å². The Morgan fingerprint density at radius 1 is 1.83 bits per heavy atom. The molecule has 0 rings (SSSR count). The van der Waals surface area contributed by atoms with E-state index >= 15 is 0 Å². The van der Waals surface area contributed by atoms with Crippen molar-refractivity contribution in [3.05, 3.63) is 10.4 Å². The summed E-state index contributed by atoms with van der Waals surface area (Å²) in [7, 11) is 1.97. The van der Waals surface area contributed by atoms with Gasteiger partial charge < -0.3 is 0 Å². The lowest BCUT2D eigenvalue weighted by Crippen LogP contribution is -1.70. The van der Waals surface area contributed by atoms with Crippen LogP contribution in [0.3, 0.4) is 0 Å². The highest BCUT2D eigenvalue weighted by Gasteiger charge is 1.66. The van der Waals surface area contributed by atoms with E-state index < -0.39 is 0 Å². The molecule has 3 nitrogen and oxygen atoms in total. The molecule has 0 aromatic heterocycles. The summed E-state index contributed by atoms with van der Waals surface area (Å²) in [5.41, 5.74) is 7.66. The SMILES string of the molecule is BCCN=[N+]=[N-]. The Labute approximate surface area is 37.4 Å². The van der Waals surface area contributed by atoms with Gasteiger partial charge in [0.15, 0.2) is 0 Å². The maximum atomic E-state index is 7.66. The van der Waals surface area contributed by atoms with Crippen molar-refractivity contribution in [2.45, 2.75) is 6.32 Å². The zero-order valence-electron chi connectivity index (χ0n) is 3.76. The van der Waals surface area contributed by atoms with Gasteiger partial charge in [0.2, 0.25) is 0 Å². The van der Waals surface area contributed by atoms with Crippen LogP contribution in [0.1, 0.15) is 0 Å². The molecule has 0 radical (unpaired) electrons. The van der Waals surface area contributed by atoms with E-state index in [-0.39, 0.29) is 0 Å². The summed E-state index contributed by atoms with van der Waals surface area (Å²) in [5.74, 6) is 0. The number of azide groups is 1. The van der Waals surface area contributed by atoms with Gasteiger partial charge in [0, 0.05) is 11.5 Å². The fourth-order valence-corrected chi connectivity index (χ4v) is 0.145. The predicted molar refractivity (Wildman–Crippen MR) is 27.4 cm³/mol. The summed E-state index contributed by atoms with van der Waals surface area (Å²) < 4.78 is 0. The first-order chi connectivity index (χ1) is 2.91. The lowest BCUT2D eigenvalue weighted by molar-refractivity contribution is 1.10. The Bertz CT molecular complexity index is 65.2. The van der Waals surface area contributed by atoms with E-state index in [4.69, 9.17) is 5.53 Å². The normalized spacial score (nSPS) is 6.67. The van der Waals surface area contributed by atoms with Crippen molar-refractivity contribution < 1.29 is 0 Å². The first-order valence-corrected chi connectivity index (χ1v) is 1.92. The minimum absolute atomic E-state index is 0.622. The molecule has 0 saturated carbocycles. The second-order valence-corrected chi connectivity index (χ2v) is 0.954. The number of nitrogens with zero attached hydrogens (tertiary/aromatic N) is 3. The van der Waals surface area contributed by atoms with Gasteiger partial charge >= 0.3 is 0 Å². The Kier molecular flexibility index (Phi) is 3.92. The van der Waals surface area contributed by atoms with Crippen LogP contribution in [0, 0.1) is 0 Å². The summed E-state index contributed by atoms with van der Waals surface area (Å²) in [6.45, 7) is 0.622. The number of hydrogen-bond donors (Lipinski definition) is 0. The highest BCUT2D eigenvalue weighted by Crippen LogP contribution is 1.72. The van der Waals surface area contributed by atoms with E-state index in [1.165, 1.54) is 0 Å². The highest BCUT2D eigenvalue weighted by molar-refractivity contribution is 6.08. The van der Waals surface area contributed by atoms with Gasteiger partial charge in [0.1, 0.15) is 7.85 Å². The second kappa shape index (κ2) is 4.37. The average Bonchev–Trinajstić information content (AvgIpc) is 1.61. The third kappa shape index (κ3) is 3.37. The molecule has 4 heteroatoms. The van der Waals surface area contributed by atoms with E-state index in [1.54, 1.807) is 0 Å². The van der Waals surface area contributed by atoms with Gasteiger partial charge in [-0.1, -0.05) is 11.4 Å². The number of rotatable bonds is 2. The van der Waals surface area contributed by atoms with Crippen LogP contribution in [0.15, 0.2) is 5.11 Å². The maximum Gasteiger partial charge on any atom is 0.101 e. The summed E-state index contributed by atoms with van der Waals surface area (Å²) in [5, 5.41) is 3.27. The van der Waals surface area contributed by atoms with Gasteiger partial charge in [0.25, 0.3) is 0 Å². The minimum Gasteiger partial charge on any atom is -0.0947 e. The largest absolute Gasteiger partial charge is 0.101 e. The molecule has 0 aliphatic rings. The minimum atomic E-state index is 0.622. The van der Waals surface area contributed by atoms with Crippen LogP contribution >= 0.6 is 0 Å². The van der Waals surface area contributed by atoms with Crippen LogP contribution in [-0.4, -0.2) is 14.4 Å². The van der Waals surface area contributed by atoms with E-state index in [0.717, 1.165) is 6.32 Å². The van der Waals surface area contributed by atoms with Crippen LogP contribution in [0.25, 0.3) is 10.4 Å². The molecule has 0 bridgehead atoms. The summed E-state index contributed by atoms with van der Waals surface area (Å²) >= 11 is 0. The van der Waals surface area contributed by atoms with Gasteiger partial charge in [-0.2, -0.15) is 0 Å². The van der Waals surface area contributed by atoms with E-state index in [1.807, 2.05) is 7.85 Å². The third-order valence-corrected chi connectivity index (χ3v) is 0.387. The smallest absolute Gasteiger partial charge is 0.0947 e. The second-order valence-electron chi connectivity index (χ2n) is 0.954. The fraction of sp³-hybridized carbons (Fsp3) is 1.00. The number of hydrogen-bond acceptors (Lipinski definition) is 1. The van der Waals surface area contributed by atoms with Crippen molar-refractivity contribution in [2.24, 2.45) is 5.11 Å². The van der Waals surface area contributed by atoms with Crippen molar-refractivity contribution in [2.75, 3.05) is 6.54 Å². The molecule has 32 valence electrons. The lowest BCUT2D eigenvalue weighted by Gasteiger charge is -1.70. The van der Waals surface area contributed by atoms with Crippen molar-refractivity contribution in [3.8, 4) is 0 Å². The fourth-order valence-electron chi connectivity index (χ4n) is 0.145. The summed E-state index contributed by atoms with van der Waals surface area (Å²) in [4.78, 5) is 2.55. The molecule has 0 spiro atoms. The van der Waals surface area contributed by atoms with Crippen LogP contribution < -0.4 is 0 Å². The maximum absolute atomic E-state index is 7.66. The molecule has 0 heterocycles. The van der Waals surface area contributed by atoms with Crippen molar-refractivity contribution in [1.29, 1.82) is 0 Å². The van der Waals surface area contributed by atoms with Crippen LogP contribution in [-0.2, 0) is 0 Å². The van der Waals surface area contributed by atoms with E-state index in [0.29, 0.717) is 6.54 Å². The molecule has 0 N–H and O–H groups in total. The van der Waals surface area contributed by atoms with Gasteiger partial charge in [-0.15, -0.1) is 0 Å². The topological polar surface area (TPSA) is 48.8 Å². The Morgan fingerprint density at radius 2 is 2.50 bits per heavy atom. The molecule has 6 heavy (non-hydrogen) atoms. The van der Waals surface area contributed by atoms with Gasteiger partial charge in [-0.05, 0) is 5.53 Å². The average molecular weight is 82.9 g/mol. The molecule has 0 aromatic rings. The molecular formula is C2H6BN3. The standard InChI is InChI=1S/C2H6BN3/c3-1-2-5-6-4/h1-3H2. The molecule has 0 unspecified atom stereocenters. The third-order valence-electron chi connectivity index (χ3n) is 0.387. The Balaban J connectivity index is 2.86. The van der Waals surface area contributed by atoms with Crippen LogP contribution in [0.2, 0.25) is 6.32 Å². The van der Waals surface area contributed by atoms with Gasteiger partial charge in [0.05, 0.1) is 0 Å². The zero-order chi connectivity index (χ0) is 4.83. The summed E-state index contributed by atoms with van der Waals surface area (Å²) in [6, 6.07) is 0. The summed E-state index contributed by atoms with van der Waals surface area (Å²) in [6.07, 6.45) is 0.935. The van der Waals surface area contributed by atoms with Crippen molar-refractivity contribution in [1.82, 2.24) is 0 Å². The molecule has 0 saturated heterocycles. The first kappa shape index (κ1) is 5.37. The highest BCUT2D eigenvalue weighted by atomic mass is 15.1. The van der Waals surface area contributed by atoms with Gasteiger partial charge in [-0.25, -0.2) is 0 Å². The molecule has 0 aliphatic carbocycles. The van der Waals surface area contributed by atoms with Gasteiger partial charge in [-0.3, -0.25) is 0 Å². The van der Waals surface area contributed by atoms with E-state index in [9.17, 15) is 0 Å². The monoisotopic (exact) mass is 83.1 g/mol. The lowest BCUT2D eigenvalue weighted by atomic mass is 10.1. The van der Waals surface area contributed by atoms with Crippen LogP contribution in [0.5, 0.6) is 0 Å². The molecule has 0 amide bonds. The molecule has 0 aliphatic heterocycles. The predicted octanol–water partition coefficient (Wildman–Crippen LogP) is 0.348. The Hall–Kier alpha value is -0.625. The molecule has 0 aromatic carbocycles. The van der Waals surface area contributed by atoms with E-state index in [2.05, 4.69) is 10.0 Å². The van der Waals surface area contributed by atoms with Crippen molar-refractivity contribution >= 4 is 7.85 Å². The first-order valence-electron chi connectivity index (χ1n) is 1.92. The molecule has 0 fully saturated rings. The Morgan fingerprint density at radius 3 is 2.67 bits per heavy atom. The molecular weight excluding hydrogens is 76.9 g/mol. The van der Waals surface area contributed by atoms with Crippen molar-refractivity contribution in [3.63, 3.8) is 0 Å². The molecule has 0 atom stereocenters.